The highest BCUT2D eigenvalue weighted by atomic mass is 16.5. The highest BCUT2D eigenvalue weighted by Gasteiger charge is 2.18. The van der Waals surface area contributed by atoms with E-state index in [1.54, 1.807) is 0 Å². The van der Waals surface area contributed by atoms with Gasteiger partial charge in [0.15, 0.2) is 0 Å². The first-order valence-electron chi connectivity index (χ1n) is 6.49. The molecule has 1 aromatic heterocycles. The molecule has 19 heavy (non-hydrogen) atoms. The predicted molar refractivity (Wildman–Crippen MR) is 74.0 cm³/mol. The van der Waals surface area contributed by atoms with Gasteiger partial charge in [-0.05, 0) is 37.1 Å². The smallest absolute Gasteiger partial charge is 0.267 e. The Balaban J connectivity index is 1.77. The molecule has 0 unspecified atom stereocenters. The molecule has 5 nitrogen and oxygen atoms in total. The summed E-state index contributed by atoms with van der Waals surface area (Å²) in [5.41, 5.74) is 7.93. The van der Waals surface area contributed by atoms with Crippen molar-refractivity contribution in [3.05, 3.63) is 30.0 Å². The van der Waals surface area contributed by atoms with Crippen molar-refractivity contribution >= 4 is 22.5 Å². The molecule has 5 heteroatoms. The van der Waals surface area contributed by atoms with Crippen LogP contribution in [-0.4, -0.2) is 30.1 Å². The fourth-order valence-corrected chi connectivity index (χ4v) is 2.38. The van der Waals surface area contributed by atoms with E-state index < -0.39 is 0 Å². The lowest BCUT2D eigenvalue weighted by molar-refractivity contribution is 0.0694. The summed E-state index contributed by atoms with van der Waals surface area (Å²) in [6.07, 6.45) is 1.75. The van der Waals surface area contributed by atoms with Gasteiger partial charge < -0.3 is 20.8 Å². The van der Waals surface area contributed by atoms with E-state index in [1.165, 1.54) is 0 Å². The van der Waals surface area contributed by atoms with Crippen LogP contribution in [0.2, 0.25) is 0 Å². The summed E-state index contributed by atoms with van der Waals surface area (Å²) in [5.74, 6) is -0.0679. The third kappa shape index (κ3) is 2.56. The lowest BCUT2D eigenvalue weighted by Gasteiger charge is -2.22. The molecule has 1 aliphatic heterocycles. The SMILES string of the molecule is Nc1ccc2[nH]c(C(=O)NC3CCOCC3)cc2c1. The molecule has 1 aromatic carbocycles. The fraction of sp³-hybridized carbons (Fsp3) is 0.357. The average molecular weight is 259 g/mol. The van der Waals surface area contributed by atoms with Gasteiger partial charge in [-0.25, -0.2) is 0 Å². The Morgan fingerprint density at radius 3 is 2.89 bits per heavy atom. The minimum Gasteiger partial charge on any atom is -0.399 e. The van der Waals surface area contributed by atoms with Crippen LogP contribution in [0.15, 0.2) is 24.3 Å². The van der Waals surface area contributed by atoms with Gasteiger partial charge in [0.1, 0.15) is 5.69 Å². The molecular formula is C14H17N3O2. The third-order valence-corrected chi connectivity index (χ3v) is 3.45. The van der Waals surface area contributed by atoms with Crippen LogP contribution < -0.4 is 11.1 Å². The van der Waals surface area contributed by atoms with Crippen molar-refractivity contribution in [2.75, 3.05) is 18.9 Å². The third-order valence-electron chi connectivity index (χ3n) is 3.45. The molecule has 0 saturated carbocycles. The number of nitrogens with two attached hydrogens (primary N) is 1. The summed E-state index contributed by atoms with van der Waals surface area (Å²) >= 11 is 0. The summed E-state index contributed by atoms with van der Waals surface area (Å²) in [7, 11) is 0. The summed E-state index contributed by atoms with van der Waals surface area (Å²) in [5, 5.41) is 3.98. The number of H-pyrrole nitrogens is 1. The Hall–Kier alpha value is -2.01. The van der Waals surface area contributed by atoms with Crippen LogP contribution in [0.1, 0.15) is 23.3 Å². The van der Waals surface area contributed by atoms with Crippen molar-refractivity contribution in [1.29, 1.82) is 0 Å². The van der Waals surface area contributed by atoms with Crippen LogP contribution in [-0.2, 0) is 4.74 Å². The number of nitrogens with one attached hydrogen (secondary N) is 2. The van der Waals surface area contributed by atoms with E-state index >= 15 is 0 Å². The maximum absolute atomic E-state index is 12.2. The molecule has 3 rings (SSSR count). The second kappa shape index (κ2) is 4.93. The van der Waals surface area contributed by atoms with Gasteiger partial charge in [-0.1, -0.05) is 0 Å². The van der Waals surface area contributed by atoms with Gasteiger partial charge in [0.25, 0.3) is 5.91 Å². The van der Waals surface area contributed by atoms with Crippen molar-refractivity contribution < 1.29 is 9.53 Å². The number of carbonyl (C=O) groups excluding carboxylic acids is 1. The standard InChI is InChI=1S/C14H17N3O2/c15-10-1-2-12-9(7-10)8-13(17-12)14(18)16-11-3-5-19-6-4-11/h1-2,7-8,11,17H,3-6,15H2,(H,16,18). The number of rotatable bonds is 2. The number of fused-ring (bicyclic) bond motifs is 1. The summed E-state index contributed by atoms with van der Waals surface area (Å²) in [6.45, 7) is 1.43. The van der Waals surface area contributed by atoms with E-state index in [4.69, 9.17) is 10.5 Å². The lowest BCUT2D eigenvalue weighted by atomic mass is 10.1. The number of hydrogen-bond donors (Lipinski definition) is 3. The average Bonchev–Trinajstić information content (AvgIpc) is 2.83. The zero-order valence-electron chi connectivity index (χ0n) is 10.6. The van der Waals surface area contributed by atoms with Crippen molar-refractivity contribution in [3.8, 4) is 0 Å². The van der Waals surface area contributed by atoms with E-state index in [-0.39, 0.29) is 11.9 Å². The molecule has 0 aliphatic carbocycles. The molecule has 1 fully saturated rings. The quantitative estimate of drug-likeness (QED) is 0.717. The van der Waals surface area contributed by atoms with E-state index in [0.717, 1.165) is 23.7 Å². The number of anilines is 1. The first kappa shape index (κ1) is 12.0. The van der Waals surface area contributed by atoms with Gasteiger partial charge in [0.05, 0.1) is 0 Å². The molecule has 1 amide bonds. The van der Waals surface area contributed by atoms with Crippen molar-refractivity contribution in [3.63, 3.8) is 0 Å². The van der Waals surface area contributed by atoms with Crippen LogP contribution in [0, 0.1) is 0 Å². The van der Waals surface area contributed by atoms with Gasteiger partial charge >= 0.3 is 0 Å². The highest BCUT2D eigenvalue weighted by molar-refractivity contribution is 5.98. The number of carbonyl (C=O) groups is 1. The Morgan fingerprint density at radius 2 is 2.11 bits per heavy atom. The number of amides is 1. The molecule has 1 saturated heterocycles. The van der Waals surface area contributed by atoms with Gasteiger partial charge in [0.2, 0.25) is 0 Å². The maximum atomic E-state index is 12.2. The fourth-order valence-electron chi connectivity index (χ4n) is 2.38. The zero-order valence-corrected chi connectivity index (χ0v) is 10.6. The maximum Gasteiger partial charge on any atom is 0.267 e. The molecule has 0 spiro atoms. The van der Waals surface area contributed by atoms with E-state index in [0.29, 0.717) is 24.6 Å². The molecule has 2 aromatic rings. The van der Waals surface area contributed by atoms with E-state index in [2.05, 4.69) is 10.3 Å². The van der Waals surface area contributed by atoms with E-state index in [9.17, 15) is 4.79 Å². The Labute approximate surface area is 111 Å². The zero-order chi connectivity index (χ0) is 13.2. The summed E-state index contributed by atoms with van der Waals surface area (Å²) < 4.78 is 5.28. The van der Waals surface area contributed by atoms with Crippen LogP contribution >= 0.6 is 0 Å². The van der Waals surface area contributed by atoms with Crippen LogP contribution in [0.25, 0.3) is 10.9 Å². The van der Waals surface area contributed by atoms with Gasteiger partial charge in [0, 0.05) is 35.8 Å². The molecule has 1 aliphatic rings. The first-order chi connectivity index (χ1) is 9.22. The summed E-state index contributed by atoms with van der Waals surface area (Å²) in [4.78, 5) is 15.3. The predicted octanol–water partition coefficient (Wildman–Crippen LogP) is 1.66. The molecule has 0 bridgehead atoms. The van der Waals surface area contributed by atoms with Crippen LogP contribution in [0.4, 0.5) is 5.69 Å². The van der Waals surface area contributed by atoms with Gasteiger partial charge in [-0.15, -0.1) is 0 Å². The number of benzene rings is 1. The molecule has 0 radical (unpaired) electrons. The molecule has 100 valence electrons. The second-order valence-corrected chi connectivity index (χ2v) is 4.89. The minimum atomic E-state index is -0.0679. The lowest BCUT2D eigenvalue weighted by Crippen LogP contribution is -2.39. The van der Waals surface area contributed by atoms with Crippen molar-refractivity contribution in [2.45, 2.75) is 18.9 Å². The number of aromatic amines is 1. The Morgan fingerprint density at radius 1 is 1.32 bits per heavy atom. The van der Waals surface area contributed by atoms with E-state index in [1.807, 2.05) is 24.3 Å². The minimum absolute atomic E-state index is 0.0679. The van der Waals surface area contributed by atoms with Crippen LogP contribution in [0.5, 0.6) is 0 Å². The Bertz CT molecular complexity index is 600. The van der Waals surface area contributed by atoms with Crippen molar-refractivity contribution in [2.24, 2.45) is 0 Å². The number of nitrogen functional groups attached to an aromatic ring is 1. The topological polar surface area (TPSA) is 80.1 Å². The van der Waals surface area contributed by atoms with Crippen LogP contribution in [0.3, 0.4) is 0 Å². The molecule has 4 N–H and O–H groups in total. The van der Waals surface area contributed by atoms with Gasteiger partial charge in [-0.2, -0.15) is 0 Å². The number of ether oxygens (including phenoxy) is 1. The first-order valence-corrected chi connectivity index (χ1v) is 6.49. The Kier molecular flexibility index (Phi) is 3.13. The van der Waals surface area contributed by atoms with Crippen molar-refractivity contribution in [1.82, 2.24) is 10.3 Å². The normalized spacial score (nSPS) is 16.6. The van der Waals surface area contributed by atoms with Gasteiger partial charge in [-0.3, -0.25) is 4.79 Å². The number of hydrogen-bond acceptors (Lipinski definition) is 3. The summed E-state index contributed by atoms with van der Waals surface area (Å²) in [6, 6.07) is 7.60. The molecule has 2 heterocycles. The second-order valence-electron chi connectivity index (χ2n) is 4.89. The monoisotopic (exact) mass is 259 g/mol. The molecule has 0 atom stereocenters. The highest BCUT2D eigenvalue weighted by Crippen LogP contribution is 2.18. The molecular weight excluding hydrogens is 242 g/mol. The largest absolute Gasteiger partial charge is 0.399 e. The number of aromatic nitrogens is 1.